The van der Waals surface area contributed by atoms with Crippen LogP contribution in [0.25, 0.3) is 10.8 Å². The summed E-state index contributed by atoms with van der Waals surface area (Å²) in [5.74, 6) is -2.97. The Bertz CT molecular complexity index is 1530. The Morgan fingerprint density at radius 3 is 2.41 bits per heavy atom. The molecular formula is C31H29NO5. The number of imide groups is 1. The highest BCUT2D eigenvalue weighted by molar-refractivity contribution is 6.24. The van der Waals surface area contributed by atoms with E-state index in [-0.39, 0.29) is 35.6 Å². The summed E-state index contributed by atoms with van der Waals surface area (Å²) in [4.78, 5) is 55.5. The van der Waals surface area contributed by atoms with Crippen LogP contribution >= 0.6 is 0 Å². The topological polar surface area (TPSA) is 91.8 Å². The molecule has 37 heavy (non-hydrogen) atoms. The summed E-state index contributed by atoms with van der Waals surface area (Å²) in [7, 11) is 0. The Hall–Kier alpha value is -3.80. The maximum absolute atomic E-state index is 13.8. The van der Waals surface area contributed by atoms with Gasteiger partial charge in [0.2, 0.25) is 11.8 Å². The van der Waals surface area contributed by atoms with E-state index in [0.717, 1.165) is 16.3 Å². The van der Waals surface area contributed by atoms with E-state index in [1.807, 2.05) is 57.2 Å². The number of fused-ring (bicyclic) bond motifs is 4. The Morgan fingerprint density at radius 2 is 1.68 bits per heavy atom. The molecule has 1 heterocycles. The SMILES string of the molecule is CC1=CC(=O)C2=C(C1=O)[C@@H](c1c(O)ccc3ccccc13)C1=CC[C@@H]3C(=O)N(C(C)(C)C)C(=O)[C@@H]3[C@@H]1C2. The van der Waals surface area contributed by atoms with Gasteiger partial charge in [0.25, 0.3) is 0 Å². The first kappa shape index (κ1) is 23.6. The highest BCUT2D eigenvalue weighted by atomic mass is 16.3. The van der Waals surface area contributed by atoms with Crippen LogP contribution in [0.4, 0.5) is 0 Å². The number of allylic oxidation sites excluding steroid dienone is 6. The minimum absolute atomic E-state index is 0.0387. The van der Waals surface area contributed by atoms with E-state index < -0.39 is 29.2 Å². The van der Waals surface area contributed by atoms with Crippen molar-refractivity contribution in [2.45, 2.75) is 52.0 Å². The molecule has 2 aromatic rings. The summed E-state index contributed by atoms with van der Waals surface area (Å²) in [5, 5.41) is 12.9. The van der Waals surface area contributed by atoms with E-state index in [9.17, 15) is 24.3 Å². The molecule has 1 saturated heterocycles. The second kappa shape index (κ2) is 7.85. The molecule has 0 aromatic heterocycles. The molecule has 0 unspecified atom stereocenters. The number of phenolic OH excluding ortho intramolecular Hbond substituents is 1. The molecule has 2 aromatic carbocycles. The number of nitrogens with zero attached hydrogens (tertiary/aromatic N) is 1. The number of likely N-dealkylation sites (tertiary alicyclic amines) is 1. The number of carbonyl (C=O) groups excluding carboxylic acids is 4. The van der Waals surface area contributed by atoms with Crippen molar-refractivity contribution >= 4 is 34.2 Å². The van der Waals surface area contributed by atoms with Crippen LogP contribution < -0.4 is 0 Å². The highest BCUT2D eigenvalue weighted by Crippen LogP contribution is 2.57. The largest absolute Gasteiger partial charge is 0.508 e. The summed E-state index contributed by atoms with van der Waals surface area (Å²) in [6.07, 6.45) is 3.98. The van der Waals surface area contributed by atoms with Crippen LogP contribution in [0.1, 0.15) is 52.0 Å². The Morgan fingerprint density at radius 1 is 0.946 bits per heavy atom. The van der Waals surface area contributed by atoms with Crippen molar-refractivity contribution in [1.29, 1.82) is 0 Å². The quantitative estimate of drug-likeness (QED) is 0.350. The summed E-state index contributed by atoms with van der Waals surface area (Å²) in [6.45, 7) is 7.19. The molecule has 6 heteroatoms. The number of rotatable bonds is 1. The summed E-state index contributed by atoms with van der Waals surface area (Å²) < 4.78 is 0. The van der Waals surface area contributed by atoms with Crippen molar-refractivity contribution in [2.75, 3.05) is 0 Å². The molecule has 3 aliphatic carbocycles. The number of hydrogen-bond donors (Lipinski definition) is 1. The van der Waals surface area contributed by atoms with Crippen LogP contribution in [0.2, 0.25) is 0 Å². The van der Waals surface area contributed by atoms with Gasteiger partial charge in [0.05, 0.1) is 11.8 Å². The zero-order valence-corrected chi connectivity index (χ0v) is 21.4. The predicted molar refractivity (Wildman–Crippen MR) is 139 cm³/mol. The van der Waals surface area contributed by atoms with Crippen LogP contribution in [0.15, 0.2) is 70.8 Å². The van der Waals surface area contributed by atoms with Gasteiger partial charge in [-0.25, -0.2) is 0 Å². The summed E-state index contributed by atoms with van der Waals surface area (Å²) >= 11 is 0. The van der Waals surface area contributed by atoms with Crippen molar-refractivity contribution in [2.24, 2.45) is 17.8 Å². The molecule has 0 saturated carbocycles. The monoisotopic (exact) mass is 495 g/mol. The number of ketones is 2. The van der Waals surface area contributed by atoms with E-state index >= 15 is 0 Å². The predicted octanol–water partition coefficient (Wildman–Crippen LogP) is 4.77. The van der Waals surface area contributed by atoms with Crippen molar-refractivity contribution in [1.82, 2.24) is 4.90 Å². The minimum Gasteiger partial charge on any atom is -0.508 e. The number of benzene rings is 2. The average Bonchev–Trinajstić information content (AvgIpc) is 3.11. The van der Waals surface area contributed by atoms with Gasteiger partial charge in [-0.05, 0) is 69.4 Å². The molecule has 0 bridgehead atoms. The zero-order chi connectivity index (χ0) is 26.4. The number of phenols is 1. The van der Waals surface area contributed by atoms with Crippen molar-refractivity contribution in [3.8, 4) is 5.75 Å². The van der Waals surface area contributed by atoms with Gasteiger partial charge in [0.15, 0.2) is 11.6 Å². The third kappa shape index (κ3) is 3.24. The van der Waals surface area contributed by atoms with Gasteiger partial charge in [-0.2, -0.15) is 0 Å². The molecule has 2 amide bonds. The molecule has 4 atom stereocenters. The first-order valence-corrected chi connectivity index (χ1v) is 12.8. The molecule has 1 aliphatic heterocycles. The lowest BCUT2D eigenvalue weighted by molar-refractivity contribution is -0.145. The Balaban J connectivity index is 1.60. The number of hydrogen-bond acceptors (Lipinski definition) is 5. The van der Waals surface area contributed by atoms with Crippen LogP contribution in [0.5, 0.6) is 5.75 Å². The van der Waals surface area contributed by atoms with Crippen LogP contribution in [-0.4, -0.2) is 38.9 Å². The highest BCUT2D eigenvalue weighted by Gasteiger charge is 2.58. The Labute approximate surface area is 215 Å². The van der Waals surface area contributed by atoms with Crippen molar-refractivity contribution in [3.05, 3.63) is 76.4 Å². The maximum Gasteiger partial charge on any atom is 0.234 e. The average molecular weight is 496 g/mol. The van der Waals surface area contributed by atoms with Crippen molar-refractivity contribution < 1.29 is 24.3 Å². The maximum atomic E-state index is 13.8. The molecule has 4 aliphatic rings. The third-order valence-electron chi connectivity index (χ3n) is 8.47. The smallest absolute Gasteiger partial charge is 0.234 e. The van der Waals surface area contributed by atoms with E-state index in [0.29, 0.717) is 28.7 Å². The van der Waals surface area contributed by atoms with Gasteiger partial charge in [0.1, 0.15) is 5.75 Å². The molecule has 1 fully saturated rings. The van der Waals surface area contributed by atoms with Crippen LogP contribution in [-0.2, 0) is 19.2 Å². The van der Waals surface area contributed by atoms with Crippen molar-refractivity contribution in [3.63, 3.8) is 0 Å². The fourth-order valence-electron chi connectivity index (χ4n) is 6.94. The molecule has 1 N–H and O–H groups in total. The number of Topliss-reactive ketones (excluding diaryl/α,β-unsaturated/α-hetero) is 1. The lowest BCUT2D eigenvalue weighted by Gasteiger charge is -2.42. The number of carbonyl (C=O) groups is 4. The van der Waals surface area contributed by atoms with E-state index in [1.165, 1.54) is 11.0 Å². The molecular weight excluding hydrogens is 466 g/mol. The third-order valence-corrected chi connectivity index (χ3v) is 8.47. The van der Waals surface area contributed by atoms with E-state index in [2.05, 4.69) is 0 Å². The normalized spacial score (nSPS) is 27.7. The van der Waals surface area contributed by atoms with E-state index in [1.54, 1.807) is 13.0 Å². The molecule has 0 spiro atoms. The van der Waals surface area contributed by atoms with Crippen LogP contribution in [0.3, 0.4) is 0 Å². The number of aromatic hydroxyl groups is 1. The van der Waals surface area contributed by atoms with Gasteiger partial charge >= 0.3 is 0 Å². The van der Waals surface area contributed by atoms with Gasteiger partial charge in [-0.1, -0.05) is 42.0 Å². The number of amides is 2. The summed E-state index contributed by atoms with van der Waals surface area (Å²) in [5.41, 5.74) is 1.91. The van der Waals surface area contributed by atoms with Crippen LogP contribution in [0, 0.1) is 17.8 Å². The van der Waals surface area contributed by atoms with Gasteiger partial charge in [0, 0.05) is 33.7 Å². The fourth-order valence-corrected chi connectivity index (χ4v) is 6.94. The van der Waals surface area contributed by atoms with E-state index in [4.69, 9.17) is 0 Å². The second-order valence-electron chi connectivity index (χ2n) is 11.6. The van der Waals surface area contributed by atoms with Gasteiger partial charge in [-0.15, -0.1) is 0 Å². The Kier molecular flexibility index (Phi) is 5.00. The first-order chi connectivity index (χ1) is 17.5. The lowest BCUT2D eigenvalue weighted by Crippen LogP contribution is -2.46. The molecule has 6 nitrogen and oxygen atoms in total. The molecule has 0 radical (unpaired) electrons. The fraction of sp³-hybridized carbons (Fsp3) is 0.355. The summed E-state index contributed by atoms with van der Waals surface area (Å²) in [6, 6.07) is 11.1. The first-order valence-electron chi connectivity index (χ1n) is 12.8. The minimum atomic E-state index is -0.674. The standard InChI is InChI=1S/C31H29NO5/c1-15-13-23(34)21-14-20-18(10-11-19-24(20)30(37)32(29(19)36)31(2,3)4)26(27(21)28(15)35)25-17-8-6-5-7-16(17)9-12-22(25)33/h5-10,12-13,19-20,24,26,33H,11,14H2,1-4H3/t19-,20+,24-,26+/m0/s1. The molecule has 6 rings (SSSR count). The molecule has 188 valence electrons. The second-order valence-corrected chi connectivity index (χ2v) is 11.6. The zero-order valence-electron chi connectivity index (χ0n) is 21.4. The van der Waals surface area contributed by atoms with Gasteiger partial charge < -0.3 is 5.11 Å². The lowest BCUT2D eigenvalue weighted by atomic mass is 9.59. The van der Waals surface area contributed by atoms with Gasteiger partial charge in [-0.3, -0.25) is 24.1 Å².